The number of hydrogen-bond acceptors (Lipinski definition) is 1. The van der Waals surface area contributed by atoms with Crippen LogP contribution in [0.15, 0.2) is 6.20 Å². The van der Waals surface area contributed by atoms with Gasteiger partial charge in [-0.2, -0.15) is 5.10 Å². The summed E-state index contributed by atoms with van der Waals surface area (Å²) in [5, 5.41) is 3.23. The molecule has 0 bridgehead atoms. The minimum atomic E-state index is 0.661. The van der Waals surface area contributed by atoms with Crippen LogP contribution in [-0.4, -0.2) is 22.6 Å². The van der Waals surface area contributed by atoms with Crippen LogP contribution in [0.1, 0.15) is 25.1 Å². The van der Waals surface area contributed by atoms with Gasteiger partial charge in [0.15, 0.2) is 7.05 Å². The number of H-pyrrole nitrogens is 1. The topological polar surface area (TPSA) is 22.9 Å². The minimum Gasteiger partial charge on any atom is -0.296 e. The molecule has 1 aliphatic heterocycles. The first kappa shape index (κ1) is 8.75. The van der Waals surface area contributed by atoms with Crippen molar-refractivity contribution in [2.75, 3.05) is 6.54 Å². The van der Waals surface area contributed by atoms with Crippen LogP contribution in [0.4, 0.5) is 0 Å². The summed E-state index contributed by atoms with van der Waals surface area (Å²) in [4.78, 5) is 2.51. The van der Waals surface area contributed by atoms with Crippen molar-refractivity contribution < 1.29 is 4.68 Å². The first-order valence-corrected chi connectivity index (χ1v) is 4.97. The van der Waals surface area contributed by atoms with Crippen molar-refractivity contribution in [2.45, 2.75) is 32.9 Å². The number of nitrogens with one attached hydrogen (secondary N) is 1. The van der Waals surface area contributed by atoms with E-state index in [-0.39, 0.29) is 0 Å². The molecule has 0 amide bonds. The van der Waals surface area contributed by atoms with Crippen LogP contribution in [-0.2, 0) is 20.0 Å². The van der Waals surface area contributed by atoms with E-state index in [1.165, 1.54) is 24.2 Å². The van der Waals surface area contributed by atoms with Gasteiger partial charge in [0, 0.05) is 25.6 Å². The van der Waals surface area contributed by atoms with Gasteiger partial charge in [0.2, 0.25) is 5.69 Å². The number of nitrogens with zero attached hydrogens (tertiary/aromatic N) is 2. The molecule has 1 aliphatic rings. The van der Waals surface area contributed by atoms with Gasteiger partial charge in [-0.1, -0.05) is 0 Å². The summed E-state index contributed by atoms with van der Waals surface area (Å²) in [5.41, 5.74) is 2.93. The lowest BCUT2D eigenvalue weighted by Gasteiger charge is -2.28. The molecule has 0 saturated carbocycles. The van der Waals surface area contributed by atoms with Gasteiger partial charge in [0.25, 0.3) is 0 Å². The summed E-state index contributed by atoms with van der Waals surface area (Å²) < 4.78 is 2.13. The lowest BCUT2D eigenvalue weighted by molar-refractivity contribution is -0.734. The van der Waals surface area contributed by atoms with Crippen LogP contribution in [0.3, 0.4) is 0 Å². The van der Waals surface area contributed by atoms with Crippen LogP contribution in [0.5, 0.6) is 0 Å². The fourth-order valence-electron chi connectivity index (χ4n) is 2.00. The Balaban J connectivity index is 2.21. The summed E-state index contributed by atoms with van der Waals surface area (Å²) in [5.74, 6) is 0. The minimum absolute atomic E-state index is 0.661. The van der Waals surface area contributed by atoms with Gasteiger partial charge >= 0.3 is 0 Å². The fourth-order valence-corrected chi connectivity index (χ4v) is 2.00. The van der Waals surface area contributed by atoms with Crippen molar-refractivity contribution in [1.29, 1.82) is 0 Å². The normalized spacial score (nSPS) is 17.8. The van der Waals surface area contributed by atoms with E-state index in [9.17, 15) is 0 Å². The Bertz CT molecular complexity index is 301. The highest BCUT2D eigenvalue weighted by molar-refractivity contribution is 5.15. The van der Waals surface area contributed by atoms with Crippen LogP contribution in [0, 0.1) is 0 Å². The highest BCUT2D eigenvalue weighted by Crippen LogP contribution is 2.16. The number of aromatic amines is 1. The Labute approximate surface area is 79.3 Å². The van der Waals surface area contributed by atoms with Crippen LogP contribution in [0.25, 0.3) is 0 Å². The zero-order chi connectivity index (χ0) is 9.42. The third-order valence-corrected chi connectivity index (χ3v) is 2.95. The fraction of sp³-hybridized carbons (Fsp3) is 0.700. The summed E-state index contributed by atoms with van der Waals surface area (Å²) in [6, 6.07) is 0.661. The molecular formula is C10H18N3+. The molecule has 0 spiro atoms. The average molecular weight is 180 g/mol. The molecule has 1 N–H and O–H groups in total. The largest absolute Gasteiger partial charge is 0.296 e. The van der Waals surface area contributed by atoms with E-state index in [1.54, 1.807) is 0 Å². The third-order valence-electron chi connectivity index (χ3n) is 2.95. The molecule has 2 rings (SSSR count). The monoisotopic (exact) mass is 180 g/mol. The second-order valence-electron chi connectivity index (χ2n) is 4.12. The van der Waals surface area contributed by atoms with Crippen molar-refractivity contribution in [3.63, 3.8) is 0 Å². The maximum Gasteiger partial charge on any atom is 0.213 e. The van der Waals surface area contributed by atoms with Gasteiger partial charge < -0.3 is 0 Å². The van der Waals surface area contributed by atoms with Crippen molar-refractivity contribution in [1.82, 2.24) is 10.00 Å². The number of aryl methyl sites for hydroxylation is 1. The van der Waals surface area contributed by atoms with E-state index in [4.69, 9.17) is 0 Å². The average Bonchev–Trinajstić information content (AvgIpc) is 2.47. The van der Waals surface area contributed by atoms with E-state index in [2.05, 4.69) is 41.8 Å². The molecule has 1 aromatic heterocycles. The molecule has 3 nitrogen and oxygen atoms in total. The molecule has 0 saturated heterocycles. The number of aromatic nitrogens is 2. The quantitative estimate of drug-likeness (QED) is 0.629. The van der Waals surface area contributed by atoms with Gasteiger partial charge in [-0.15, -0.1) is 4.68 Å². The van der Waals surface area contributed by atoms with Crippen molar-refractivity contribution in [2.24, 2.45) is 7.05 Å². The second kappa shape index (κ2) is 3.14. The molecule has 1 aromatic rings. The summed E-state index contributed by atoms with van der Waals surface area (Å²) in [6.45, 7) is 6.82. The number of hydrogen-bond donors (Lipinski definition) is 1. The summed E-state index contributed by atoms with van der Waals surface area (Å²) >= 11 is 0. The Morgan fingerprint density at radius 2 is 2.31 bits per heavy atom. The molecule has 0 aromatic carbocycles. The molecule has 3 heteroatoms. The number of rotatable bonds is 1. The summed E-state index contributed by atoms with van der Waals surface area (Å²) in [7, 11) is 2.09. The predicted octanol–water partition coefficient (Wildman–Crippen LogP) is 0.606. The highest BCUT2D eigenvalue weighted by Gasteiger charge is 2.25. The highest BCUT2D eigenvalue weighted by atomic mass is 15.3. The molecule has 0 aliphatic carbocycles. The van der Waals surface area contributed by atoms with E-state index < -0.39 is 0 Å². The van der Waals surface area contributed by atoms with Crippen LogP contribution < -0.4 is 4.68 Å². The van der Waals surface area contributed by atoms with E-state index in [0.29, 0.717) is 6.04 Å². The molecule has 0 unspecified atom stereocenters. The van der Waals surface area contributed by atoms with Crippen molar-refractivity contribution in [3.8, 4) is 0 Å². The van der Waals surface area contributed by atoms with Gasteiger partial charge in [-0.3, -0.25) is 4.90 Å². The first-order valence-electron chi connectivity index (χ1n) is 4.97. The lowest BCUT2D eigenvalue weighted by Crippen LogP contribution is -2.42. The molecular weight excluding hydrogens is 162 g/mol. The molecule has 0 atom stereocenters. The Kier molecular flexibility index (Phi) is 2.12. The SMILES string of the molecule is CC(C)N1CCc2c(c[nH][n+]2C)C1. The van der Waals surface area contributed by atoms with E-state index >= 15 is 0 Å². The molecule has 0 fully saturated rings. The first-order chi connectivity index (χ1) is 6.18. The zero-order valence-electron chi connectivity index (χ0n) is 8.67. The Morgan fingerprint density at radius 1 is 1.54 bits per heavy atom. The summed E-state index contributed by atoms with van der Waals surface area (Å²) in [6.07, 6.45) is 3.30. The van der Waals surface area contributed by atoms with Gasteiger partial charge in [0.1, 0.15) is 0 Å². The third kappa shape index (κ3) is 1.48. The van der Waals surface area contributed by atoms with Crippen LogP contribution >= 0.6 is 0 Å². The molecule has 2 heterocycles. The number of fused-ring (bicyclic) bond motifs is 1. The molecule has 0 radical (unpaired) electrons. The Hall–Kier alpha value is -0.830. The molecule has 72 valence electrons. The Morgan fingerprint density at radius 3 is 3.00 bits per heavy atom. The van der Waals surface area contributed by atoms with Gasteiger partial charge in [-0.05, 0) is 13.8 Å². The maximum atomic E-state index is 3.23. The van der Waals surface area contributed by atoms with Crippen LogP contribution in [0.2, 0.25) is 0 Å². The lowest BCUT2D eigenvalue weighted by atomic mass is 10.1. The second-order valence-corrected chi connectivity index (χ2v) is 4.12. The smallest absolute Gasteiger partial charge is 0.213 e. The molecule has 13 heavy (non-hydrogen) atoms. The predicted molar refractivity (Wildman–Crippen MR) is 51.2 cm³/mol. The van der Waals surface area contributed by atoms with Crippen molar-refractivity contribution in [3.05, 3.63) is 17.5 Å². The maximum absolute atomic E-state index is 3.23. The van der Waals surface area contributed by atoms with Gasteiger partial charge in [-0.25, -0.2) is 0 Å². The van der Waals surface area contributed by atoms with Gasteiger partial charge in [0.05, 0.1) is 11.8 Å². The zero-order valence-corrected chi connectivity index (χ0v) is 8.67. The van der Waals surface area contributed by atoms with E-state index in [0.717, 1.165) is 6.54 Å². The van der Waals surface area contributed by atoms with Crippen molar-refractivity contribution >= 4 is 0 Å². The standard InChI is InChI=1S/C10H17N3/c1-8(2)13-5-4-10-9(7-13)6-11-12(10)3/h6,8H,4-5,7H2,1-3H3/p+1. The van der Waals surface area contributed by atoms with E-state index in [1.807, 2.05) is 0 Å².